The van der Waals surface area contributed by atoms with Crippen LogP contribution in [0.4, 0.5) is 5.69 Å². The first-order valence-electron chi connectivity index (χ1n) is 36.7. The van der Waals surface area contributed by atoms with Gasteiger partial charge < -0.3 is 86.4 Å². The number of aryl methyl sites for hydroxylation is 1. The van der Waals surface area contributed by atoms with Crippen LogP contribution in [0.2, 0.25) is 0 Å². The quantitative estimate of drug-likeness (QED) is 0.0184. The highest BCUT2D eigenvalue weighted by molar-refractivity contribution is 14.1. The molecule has 1 aliphatic carbocycles. The van der Waals surface area contributed by atoms with E-state index < -0.39 is 104 Å². The number of hydrogen-bond acceptors (Lipinski definition) is 18. The second kappa shape index (κ2) is 50.4. The fourth-order valence-corrected chi connectivity index (χ4v) is 13.1. The number of carboxylic acids is 4. The minimum atomic E-state index is -4.62. The first kappa shape index (κ1) is 90.3. The molecule has 34 heteroatoms. The molecular formula is C74H105IN9O23P. The molecule has 2 aliphatic rings. The largest absolute Gasteiger partial charge is 0.481 e. The van der Waals surface area contributed by atoms with Crippen LogP contribution in [0, 0.1) is 3.57 Å². The van der Waals surface area contributed by atoms with E-state index in [-0.39, 0.29) is 161 Å². The number of para-hydroxylation sites is 1. The lowest BCUT2D eigenvalue weighted by Crippen LogP contribution is -2.52. The number of halogens is 1. The van der Waals surface area contributed by atoms with E-state index in [1.807, 2.05) is 59.7 Å². The second-order valence-electron chi connectivity index (χ2n) is 26.1. The summed E-state index contributed by atoms with van der Waals surface area (Å²) in [6.07, 6.45) is 3.75. The van der Waals surface area contributed by atoms with Crippen LogP contribution < -0.4 is 47.2 Å². The van der Waals surface area contributed by atoms with Gasteiger partial charge in [-0.05, 0) is 165 Å². The number of fused-ring (bicyclic) bond motifs is 4. The third-order valence-electron chi connectivity index (χ3n) is 17.6. The van der Waals surface area contributed by atoms with Crippen LogP contribution in [-0.4, -0.2) is 206 Å². The lowest BCUT2D eigenvalue weighted by atomic mass is 9.77. The summed E-state index contributed by atoms with van der Waals surface area (Å²) in [5, 5.41) is 58.3. The van der Waals surface area contributed by atoms with E-state index in [4.69, 9.17) is 28.6 Å². The minimum Gasteiger partial charge on any atom is -0.481 e. The number of rotatable bonds is 57. The van der Waals surface area contributed by atoms with E-state index in [1.165, 1.54) is 16.7 Å². The molecule has 4 unspecified atom stereocenters. The normalized spacial score (nSPS) is 14.2. The molecule has 5 rings (SSSR count). The molecule has 32 nitrogen and oxygen atoms in total. The average molecular weight is 1650 g/mol. The molecule has 0 saturated heterocycles. The van der Waals surface area contributed by atoms with E-state index in [2.05, 4.69) is 78.0 Å². The standard InChI is InChI=1S/C74H105IN9O23P/c1-50(13-12-40-107-108(101,102)83-61(74(99)100)30-35-70(92)93)79-67(89)32-29-60(73(97)98)81-66(88)20-3-2-9-37-77-64(86)31-28-58(71(94)82-59(72(95)96)18-8-10-38-76-63(85)21-11-14-51-22-24-53(75)25-23-51)80-68(90)36-41-103-43-45-105-47-48-106-46-44-104-42-39-78-65(87)33-34-69(91)84-49-52-15-4-5-16-54(52)55-26-27-56(55)57-17-6-7-19-62(57)84/h4-7,15-17,19,22-25,50,58-61H,2-3,8-14,18,20-21,26-49H2,1H3,(H,76,85)(H,77,86)(H,78,87)(H,79,89)(H,80,90)(H,81,88)(H,82,94)(H,92,93)(H,95,96)(H,97,98)(H,99,100)(H2,83,101,102)/t50-,58?,59+,60?,61?/m1/s1. The fourth-order valence-electron chi connectivity index (χ4n) is 11.7. The first-order valence-corrected chi connectivity index (χ1v) is 39.3. The zero-order chi connectivity index (χ0) is 78.6. The Morgan fingerprint density at radius 3 is 1.64 bits per heavy atom. The highest BCUT2D eigenvalue weighted by atomic mass is 127. The maximum atomic E-state index is 13.7. The number of carbonyl (C=O) groups is 12. The van der Waals surface area contributed by atoms with Crippen LogP contribution in [0.5, 0.6) is 0 Å². The molecule has 3 aromatic carbocycles. The molecular weight excluding hydrogens is 1540 g/mol. The third-order valence-corrected chi connectivity index (χ3v) is 19.5. The summed E-state index contributed by atoms with van der Waals surface area (Å²) in [7, 11) is -4.62. The SMILES string of the molecule is C[C@H](CCCOP(=O)(O)NC(CCC(=O)O)C(=O)O)NC(=O)CCC(NC(=O)CCCCCNC(=O)CCC(NC(=O)CCOCCOCCOCCOCCNC(=O)CCC(=O)N1Cc2ccccc2C2=C(CC2)c2ccccc21)C(=O)N[C@@H](CCCCNC(=O)CCCc1ccc(I)cc1)C(=O)O)C(=O)O. The van der Waals surface area contributed by atoms with Crippen molar-refractivity contribution in [3.8, 4) is 0 Å². The van der Waals surface area contributed by atoms with Gasteiger partial charge in [-0.3, -0.25) is 52.5 Å². The van der Waals surface area contributed by atoms with Gasteiger partial charge in [-0.25, -0.2) is 19.2 Å². The van der Waals surface area contributed by atoms with Crippen molar-refractivity contribution in [3.63, 3.8) is 0 Å². The Bertz CT molecular complexity index is 3530. The third kappa shape index (κ3) is 36.3. The van der Waals surface area contributed by atoms with Crippen LogP contribution >= 0.6 is 30.3 Å². The number of ether oxygens (including phenoxy) is 4. The smallest absolute Gasteiger partial charge is 0.403 e. The molecule has 0 saturated carbocycles. The van der Waals surface area contributed by atoms with Crippen molar-refractivity contribution in [3.05, 3.63) is 98.6 Å². The van der Waals surface area contributed by atoms with E-state index >= 15 is 0 Å². The van der Waals surface area contributed by atoms with Gasteiger partial charge in [0.25, 0.3) is 0 Å². The highest BCUT2D eigenvalue weighted by Crippen LogP contribution is 2.48. The van der Waals surface area contributed by atoms with Crippen molar-refractivity contribution in [2.45, 2.75) is 191 Å². The van der Waals surface area contributed by atoms with Crippen LogP contribution in [-0.2, 0) is 98.5 Å². The topological polar surface area (TPSA) is 469 Å². The van der Waals surface area contributed by atoms with Crippen LogP contribution in [0.3, 0.4) is 0 Å². The van der Waals surface area contributed by atoms with Gasteiger partial charge in [-0.1, -0.05) is 61.0 Å². The number of benzene rings is 3. The number of allylic oxidation sites excluding steroid dienone is 2. The van der Waals surface area contributed by atoms with Crippen molar-refractivity contribution in [2.24, 2.45) is 0 Å². The van der Waals surface area contributed by atoms with E-state index in [0.717, 1.165) is 45.2 Å². The molecule has 1 heterocycles. The molecule has 3 aromatic rings. The van der Waals surface area contributed by atoms with Crippen molar-refractivity contribution in [2.75, 3.05) is 84.0 Å². The molecule has 596 valence electrons. The number of nitrogens with zero attached hydrogens (tertiary/aromatic N) is 1. The Hall–Kier alpha value is -8.28. The lowest BCUT2D eigenvalue weighted by molar-refractivity contribution is -0.143. The number of anilines is 1. The predicted molar refractivity (Wildman–Crippen MR) is 404 cm³/mol. The second-order valence-corrected chi connectivity index (χ2v) is 28.9. The van der Waals surface area contributed by atoms with Gasteiger partial charge in [-0.2, -0.15) is 0 Å². The van der Waals surface area contributed by atoms with Gasteiger partial charge >= 0.3 is 31.6 Å². The summed E-state index contributed by atoms with van der Waals surface area (Å²) in [5.41, 5.74) is 7.89. The number of aliphatic carboxylic acids is 4. The van der Waals surface area contributed by atoms with Gasteiger partial charge in [0.15, 0.2) is 0 Å². The van der Waals surface area contributed by atoms with Crippen molar-refractivity contribution >= 4 is 118 Å². The van der Waals surface area contributed by atoms with Crippen molar-refractivity contribution in [1.82, 2.24) is 42.3 Å². The average Bonchev–Trinajstić information content (AvgIpc) is 0.752. The summed E-state index contributed by atoms with van der Waals surface area (Å²) in [5.74, 6) is -9.10. The van der Waals surface area contributed by atoms with Gasteiger partial charge in [0, 0.05) is 86.2 Å². The molecule has 8 amide bonds. The number of amides is 8. The van der Waals surface area contributed by atoms with Crippen molar-refractivity contribution < 1.29 is 111 Å². The lowest BCUT2D eigenvalue weighted by Gasteiger charge is -2.35. The Kier molecular flexibility index (Phi) is 42.2. The molecule has 108 heavy (non-hydrogen) atoms. The molecule has 0 spiro atoms. The minimum absolute atomic E-state index is 0.00906. The van der Waals surface area contributed by atoms with Gasteiger partial charge in [0.1, 0.15) is 24.2 Å². The Balaban J connectivity index is 0.941. The van der Waals surface area contributed by atoms with Crippen LogP contribution in [0.15, 0.2) is 72.8 Å². The van der Waals surface area contributed by atoms with Crippen molar-refractivity contribution in [1.29, 1.82) is 0 Å². The highest BCUT2D eigenvalue weighted by Gasteiger charge is 2.33. The maximum Gasteiger partial charge on any atom is 0.403 e. The maximum absolute atomic E-state index is 13.7. The Morgan fingerprint density at radius 1 is 0.463 bits per heavy atom. The monoisotopic (exact) mass is 1650 g/mol. The zero-order valence-corrected chi connectivity index (χ0v) is 64.2. The number of carboxylic acid groups (broad SMARTS) is 4. The summed E-state index contributed by atoms with van der Waals surface area (Å²) in [4.78, 5) is 163. The molecule has 0 bridgehead atoms. The van der Waals surface area contributed by atoms with Crippen LogP contribution in [0.25, 0.3) is 11.1 Å². The molecule has 1 aliphatic heterocycles. The summed E-state index contributed by atoms with van der Waals surface area (Å²) in [6, 6.07) is 17.9. The summed E-state index contributed by atoms with van der Waals surface area (Å²) >= 11 is 2.22. The number of nitrogens with one attached hydrogen (secondary N) is 8. The molecule has 0 fully saturated rings. The fraction of sp³-hybridized carbons (Fsp3) is 0.568. The number of hydrogen-bond donors (Lipinski definition) is 13. The number of carbonyl (C=O) groups excluding carboxylic acids is 8. The molecule has 13 N–H and O–H groups in total. The Morgan fingerprint density at radius 2 is 0.981 bits per heavy atom. The van der Waals surface area contributed by atoms with E-state index in [9.17, 15) is 82.3 Å². The Labute approximate surface area is 642 Å². The van der Waals surface area contributed by atoms with Gasteiger partial charge in [0.2, 0.25) is 47.3 Å². The summed E-state index contributed by atoms with van der Waals surface area (Å²) < 4.78 is 40.6. The van der Waals surface area contributed by atoms with Gasteiger partial charge in [0.05, 0.1) is 71.7 Å². The zero-order valence-electron chi connectivity index (χ0n) is 61.1. The summed E-state index contributed by atoms with van der Waals surface area (Å²) in [6.45, 7) is 3.94. The first-order chi connectivity index (χ1) is 51.8. The van der Waals surface area contributed by atoms with Crippen LogP contribution in [0.1, 0.15) is 170 Å². The molecule has 0 radical (unpaired) electrons. The molecule has 0 aromatic heterocycles. The molecule has 6 atom stereocenters. The van der Waals surface area contributed by atoms with E-state index in [0.29, 0.717) is 58.0 Å². The number of unbranched alkanes of at least 4 members (excludes halogenated alkanes) is 3. The van der Waals surface area contributed by atoms with Gasteiger partial charge in [-0.15, -0.1) is 0 Å². The predicted octanol–water partition coefficient (Wildman–Crippen LogP) is 5.67. The van der Waals surface area contributed by atoms with E-state index in [1.54, 1.807) is 11.8 Å².